The molecule has 2 amide bonds. The fourth-order valence-electron chi connectivity index (χ4n) is 4.68. The Balaban J connectivity index is 1.64. The summed E-state index contributed by atoms with van der Waals surface area (Å²) in [6, 6.07) is 14.7. The van der Waals surface area contributed by atoms with Crippen LogP contribution in [0, 0.1) is 11.3 Å². The number of rotatable bonds is 7. The Labute approximate surface area is 216 Å². The van der Waals surface area contributed by atoms with E-state index >= 15 is 0 Å². The minimum absolute atomic E-state index is 0.0272. The van der Waals surface area contributed by atoms with Gasteiger partial charge in [-0.1, -0.05) is 49.1 Å². The molecule has 1 heterocycles. The first-order valence-electron chi connectivity index (χ1n) is 12.3. The number of carbonyl (C=O) groups is 2. The van der Waals surface area contributed by atoms with Gasteiger partial charge in [-0.05, 0) is 73.7 Å². The van der Waals surface area contributed by atoms with E-state index in [1.54, 1.807) is 19.1 Å². The van der Waals surface area contributed by atoms with Crippen molar-refractivity contribution in [1.29, 1.82) is 5.26 Å². The van der Waals surface area contributed by atoms with Gasteiger partial charge in [0.2, 0.25) is 0 Å². The van der Waals surface area contributed by atoms with E-state index in [4.69, 9.17) is 21.1 Å². The van der Waals surface area contributed by atoms with Crippen LogP contribution in [0.2, 0.25) is 5.02 Å². The fourth-order valence-corrected chi connectivity index (χ4v) is 4.81. The van der Waals surface area contributed by atoms with Gasteiger partial charge in [0.25, 0.3) is 11.8 Å². The summed E-state index contributed by atoms with van der Waals surface area (Å²) >= 11 is 5.96. The van der Waals surface area contributed by atoms with Gasteiger partial charge >= 0.3 is 0 Å². The molecule has 4 rings (SSSR count). The second-order valence-corrected chi connectivity index (χ2v) is 9.43. The maximum absolute atomic E-state index is 13.5. The molecule has 186 valence electrons. The fraction of sp³-hybridized carbons (Fsp3) is 0.345. The Morgan fingerprint density at radius 2 is 1.75 bits per heavy atom. The molecule has 0 unspecified atom stereocenters. The third kappa shape index (κ3) is 5.47. The average Bonchev–Trinajstić information content (AvgIpc) is 2.88. The summed E-state index contributed by atoms with van der Waals surface area (Å²) in [4.78, 5) is 27.8. The average molecular weight is 505 g/mol. The van der Waals surface area contributed by atoms with Gasteiger partial charge in [-0.2, -0.15) is 5.26 Å². The van der Waals surface area contributed by atoms with Crippen molar-refractivity contribution in [2.24, 2.45) is 0 Å². The number of nitriles is 1. The molecule has 1 aliphatic heterocycles. The van der Waals surface area contributed by atoms with E-state index in [0.29, 0.717) is 40.9 Å². The Bertz CT molecular complexity index is 1250. The standard InChI is InChI=1S/C29H29ClN2O4/c1-3-35-27-16-21(11-14-26(27)36-18-20-9-12-22(30)13-10-20)15-24-19(2)25(17-31)29(34)32(28(24)33)23-7-5-4-6-8-23/h9-16,23H,3-8,18H2,1-2H3/b24-15+. The smallest absolute Gasteiger partial charge is 0.271 e. The first-order valence-corrected chi connectivity index (χ1v) is 12.7. The molecule has 36 heavy (non-hydrogen) atoms. The number of halogens is 1. The number of amides is 2. The van der Waals surface area contributed by atoms with Crippen LogP contribution in [-0.4, -0.2) is 29.4 Å². The molecule has 0 aromatic heterocycles. The molecule has 1 saturated carbocycles. The molecule has 0 saturated heterocycles. The van der Waals surface area contributed by atoms with Crippen LogP contribution in [0.1, 0.15) is 57.1 Å². The summed E-state index contributed by atoms with van der Waals surface area (Å²) in [6.07, 6.45) is 6.32. The highest BCUT2D eigenvalue weighted by Crippen LogP contribution is 2.34. The van der Waals surface area contributed by atoms with E-state index in [0.717, 1.165) is 43.2 Å². The number of carbonyl (C=O) groups excluding carboxylic acids is 2. The summed E-state index contributed by atoms with van der Waals surface area (Å²) < 4.78 is 11.8. The van der Waals surface area contributed by atoms with Crippen molar-refractivity contribution >= 4 is 29.5 Å². The van der Waals surface area contributed by atoms with Crippen LogP contribution in [0.15, 0.2) is 59.2 Å². The maximum Gasteiger partial charge on any atom is 0.271 e. The summed E-state index contributed by atoms with van der Waals surface area (Å²) in [6.45, 7) is 4.34. The van der Waals surface area contributed by atoms with Crippen LogP contribution in [-0.2, 0) is 16.2 Å². The lowest BCUT2D eigenvalue weighted by molar-refractivity contribution is -0.143. The molecule has 1 fully saturated rings. The number of imide groups is 1. The molecule has 7 heteroatoms. The topological polar surface area (TPSA) is 79.6 Å². The van der Waals surface area contributed by atoms with E-state index in [2.05, 4.69) is 0 Å². The largest absolute Gasteiger partial charge is 0.490 e. The van der Waals surface area contributed by atoms with E-state index in [1.807, 2.05) is 49.4 Å². The number of nitrogens with zero attached hydrogens (tertiary/aromatic N) is 2. The first kappa shape index (κ1) is 25.5. The minimum atomic E-state index is -0.481. The van der Waals surface area contributed by atoms with Gasteiger partial charge in [-0.25, -0.2) is 0 Å². The van der Waals surface area contributed by atoms with Crippen LogP contribution in [0.25, 0.3) is 6.08 Å². The summed E-state index contributed by atoms with van der Waals surface area (Å²) in [7, 11) is 0. The maximum atomic E-state index is 13.5. The predicted molar refractivity (Wildman–Crippen MR) is 138 cm³/mol. The van der Waals surface area contributed by atoms with Crippen LogP contribution < -0.4 is 9.47 Å². The quantitative estimate of drug-likeness (QED) is 0.329. The van der Waals surface area contributed by atoms with Gasteiger partial charge in [0, 0.05) is 16.6 Å². The number of hydrogen-bond donors (Lipinski definition) is 0. The predicted octanol–water partition coefficient (Wildman–Crippen LogP) is 6.24. The van der Waals surface area contributed by atoms with Crippen molar-refractivity contribution in [3.8, 4) is 17.6 Å². The lowest BCUT2D eigenvalue weighted by Gasteiger charge is -2.36. The molecule has 0 radical (unpaired) electrons. The highest BCUT2D eigenvalue weighted by Gasteiger charge is 2.39. The molecule has 0 spiro atoms. The van der Waals surface area contributed by atoms with Crippen LogP contribution in [0.4, 0.5) is 0 Å². The van der Waals surface area contributed by atoms with Crippen molar-refractivity contribution < 1.29 is 19.1 Å². The molecule has 2 aromatic rings. The molecule has 2 aromatic carbocycles. The third-order valence-corrected chi connectivity index (χ3v) is 6.85. The Morgan fingerprint density at radius 1 is 1.03 bits per heavy atom. The monoisotopic (exact) mass is 504 g/mol. The summed E-state index contributed by atoms with van der Waals surface area (Å²) in [5.74, 6) is 0.300. The summed E-state index contributed by atoms with van der Waals surface area (Å²) in [5, 5.41) is 10.4. The van der Waals surface area contributed by atoms with Gasteiger partial charge in [0.05, 0.1) is 6.61 Å². The van der Waals surface area contributed by atoms with Gasteiger partial charge in [-0.3, -0.25) is 14.5 Å². The number of ether oxygens (including phenoxy) is 2. The Hall–Kier alpha value is -3.56. The first-order chi connectivity index (χ1) is 17.4. The lowest BCUT2D eigenvalue weighted by atomic mass is 9.88. The second kappa shape index (κ2) is 11.5. The molecule has 0 N–H and O–H groups in total. The SMILES string of the molecule is CCOc1cc(/C=C2/C(=O)N(C3CCCCC3)C(=O)C(C#N)=C2C)ccc1OCc1ccc(Cl)cc1. The van der Waals surface area contributed by atoms with Crippen molar-refractivity contribution in [2.45, 2.75) is 58.6 Å². The van der Waals surface area contributed by atoms with Gasteiger partial charge in [-0.15, -0.1) is 0 Å². The van der Waals surface area contributed by atoms with Gasteiger partial charge in [0.15, 0.2) is 11.5 Å². The zero-order valence-electron chi connectivity index (χ0n) is 20.6. The zero-order chi connectivity index (χ0) is 25.7. The molecular formula is C29H29ClN2O4. The van der Waals surface area contributed by atoms with Crippen LogP contribution in [0.3, 0.4) is 0 Å². The number of benzene rings is 2. The van der Waals surface area contributed by atoms with E-state index in [1.165, 1.54) is 4.90 Å². The molecule has 6 nitrogen and oxygen atoms in total. The third-order valence-electron chi connectivity index (χ3n) is 6.60. The number of hydrogen-bond acceptors (Lipinski definition) is 5. The van der Waals surface area contributed by atoms with Gasteiger partial charge in [0.1, 0.15) is 18.2 Å². The van der Waals surface area contributed by atoms with Gasteiger partial charge < -0.3 is 9.47 Å². The second-order valence-electron chi connectivity index (χ2n) is 9.00. The highest BCUT2D eigenvalue weighted by molar-refractivity contribution is 6.30. The van der Waals surface area contributed by atoms with E-state index in [9.17, 15) is 14.9 Å². The molecular weight excluding hydrogens is 476 g/mol. The van der Waals surface area contributed by atoms with E-state index < -0.39 is 5.91 Å². The van der Waals surface area contributed by atoms with Crippen molar-refractivity contribution in [3.05, 3.63) is 75.3 Å². The van der Waals surface area contributed by atoms with Crippen molar-refractivity contribution in [1.82, 2.24) is 4.90 Å². The summed E-state index contributed by atoms with van der Waals surface area (Å²) in [5.41, 5.74) is 2.47. The van der Waals surface area contributed by atoms with Crippen LogP contribution >= 0.6 is 11.6 Å². The molecule has 0 atom stereocenters. The van der Waals surface area contributed by atoms with E-state index in [-0.39, 0.29) is 17.5 Å². The normalized spacial score (nSPS) is 17.9. The molecule has 2 aliphatic rings. The molecule has 0 bridgehead atoms. The minimum Gasteiger partial charge on any atom is -0.490 e. The lowest BCUT2D eigenvalue weighted by Crippen LogP contribution is -2.49. The van der Waals surface area contributed by atoms with Crippen molar-refractivity contribution in [3.63, 3.8) is 0 Å². The Morgan fingerprint density at radius 3 is 2.42 bits per heavy atom. The zero-order valence-corrected chi connectivity index (χ0v) is 21.3. The van der Waals surface area contributed by atoms with Crippen molar-refractivity contribution in [2.75, 3.05) is 6.61 Å². The highest BCUT2D eigenvalue weighted by atomic mass is 35.5. The molecule has 1 aliphatic carbocycles. The van der Waals surface area contributed by atoms with Crippen LogP contribution in [0.5, 0.6) is 11.5 Å². The Kier molecular flexibility index (Phi) is 8.12.